The molecule has 0 aliphatic carbocycles. The maximum absolute atomic E-state index is 12.9. The molecule has 0 atom stereocenters. The van der Waals surface area contributed by atoms with E-state index < -0.39 is 58.3 Å². The highest BCUT2D eigenvalue weighted by molar-refractivity contribution is 6.67. The summed E-state index contributed by atoms with van der Waals surface area (Å²) in [5.41, 5.74) is 14.7. The van der Waals surface area contributed by atoms with Gasteiger partial charge in [0.1, 0.15) is 5.60 Å². The molecule has 0 bridgehead atoms. The number of methoxy groups -OCH3 is 3. The van der Waals surface area contributed by atoms with Crippen LogP contribution in [0.15, 0.2) is 152 Å². The Hall–Kier alpha value is -11.7. The van der Waals surface area contributed by atoms with Gasteiger partial charge in [0.15, 0.2) is 5.82 Å². The third kappa shape index (κ3) is 42.7. The van der Waals surface area contributed by atoms with Crippen LogP contribution in [0.2, 0.25) is 0 Å². The Morgan fingerprint density at radius 2 is 0.853 bits per heavy atom. The SMILES string of the molecule is CC(C)(C)OC(=O)NCCN1CCOCC1.CN(CCN1CCOCC1)C(=O)c1cccc(C(=O)O)c1.CNCCN1CCOCC1.COC(=O)c1cccc(C(=O)Cl)c1.COC(=O)c1cccc(C(=O)N(C)CCN2CCOCC2)c1.COC(=O)c1cccc(C(=O)O)c1.NCCN1CCOCC1.Nc1ccc(N2CCCCC2)cc1C(=O)Nc1cnc(-c2cccc(C(F)(F)F)c2)nc1. The average molecular weight is 1920 g/mol. The normalized spacial score (nSPS) is 15.2. The summed E-state index contributed by atoms with van der Waals surface area (Å²) in [7, 11) is 9.34. The van der Waals surface area contributed by atoms with Gasteiger partial charge in [-0.15, -0.1) is 0 Å². The van der Waals surface area contributed by atoms with Crippen LogP contribution in [0.25, 0.3) is 11.4 Å². The number of alkyl halides is 3. The number of rotatable bonds is 26. The molecule has 0 saturated carbocycles. The third-order valence-electron chi connectivity index (χ3n) is 21.2. The second-order valence-corrected chi connectivity index (χ2v) is 32.7. The van der Waals surface area contributed by atoms with E-state index >= 15 is 0 Å². The summed E-state index contributed by atoms with van der Waals surface area (Å²) in [5.74, 6) is -4.09. The van der Waals surface area contributed by atoms with Crippen molar-refractivity contribution in [3.63, 3.8) is 0 Å². The van der Waals surface area contributed by atoms with Crippen LogP contribution in [0.4, 0.5) is 35.0 Å². The minimum atomic E-state index is -4.45. The molecule has 1 aromatic heterocycles. The standard InChI is InChI=1S/C23H22F3N5O.C16H22N2O4.C15H20N2O4.C11H22N2O3.C9H7ClO3.C9H8O4.C7H16N2O.C6H14N2O/c24-23(25,26)16-6-4-5-15(11-16)21-28-13-17(14-29-21)30-22(32)19-12-18(7-8-20(19)27)31-9-2-1-3-10-31;1-17(6-7-18-8-10-22-11-9-18)15(19)13-4-3-5-14(12-13)16(20)21-2;1-16(5-6-17-7-9-21-10-8-17)14(18)12-3-2-4-13(11-12)15(19)20;1-11(2,3)16-10(14)12-4-5-13-6-8-15-9-7-13;2*1-13-9(12)7-4-2-3-6(5-7)8(10)11;1-8-2-3-9-4-6-10-7-5-9;7-1-2-8-3-5-9-6-4-8/h4-8,11-14H,1-3,9-10,27H2,(H,30,32);3-5,12H,6-11H2,1-2H3;2-4,11H,5-10H2,1H3,(H,19,20);4-9H2,1-3H3,(H,12,14);2-5H,1H3;2-5H,1H3,(H,10,11);8H,2-7H2,1H3;1-7H2. The first-order valence-corrected chi connectivity index (χ1v) is 45.1. The molecule has 36 nitrogen and oxygen atoms in total. The largest absolute Gasteiger partial charge is 0.478 e. The molecule has 6 aromatic carbocycles. The number of carbonyl (C=O) groups is 10. The van der Waals surface area contributed by atoms with Crippen molar-refractivity contribution in [1.29, 1.82) is 0 Å². The van der Waals surface area contributed by atoms with Gasteiger partial charge in [-0.05, 0) is 156 Å². The smallest absolute Gasteiger partial charge is 0.416 e. The number of esters is 3. The molecule has 0 radical (unpaired) electrons. The van der Waals surface area contributed by atoms with E-state index in [1.54, 1.807) is 84.6 Å². The number of hydrogen-bond donors (Lipinski definition) is 7. The molecule has 744 valence electrons. The molecule has 6 aliphatic heterocycles. The van der Waals surface area contributed by atoms with Crippen molar-refractivity contribution in [2.75, 3.05) is 268 Å². The van der Waals surface area contributed by atoms with E-state index in [0.29, 0.717) is 58.8 Å². The van der Waals surface area contributed by atoms with Crippen LogP contribution >= 0.6 is 11.6 Å². The molecule has 6 aliphatic rings. The Labute approximate surface area is 797 Å². The van der Waals surface area contributed by atoms with Crippen molar-refractivity contribution in [2.24, 2.45) is 5.73 Å². The molecule has 6 saturated heterocycles. The van der Waals surface area contributed by atoms with Crippen molar-refractivity contribution >= 4 is 87.6 Å². The first kappa shape index (κ1) is 113. The van der Waals surface area contributed by atoms with E-state index in [0.717, 1.165) is 221 Å². The average Bonchev–Trinajstić information content (AvgIpc) is 0.810. The molecular weight excluding hydrogens is 1790 g/mol. The number of nitrogens with zero attached hydrogens (tertiary/aromatic N) is 10. The Kier molecular flexibility index (Phi) is 51.0. The van der Waals surface area contributed by atoms with Crippen LogP contribution in [0.3, 0.4) is 0 Å². The summed E-state index contributed by atoms with van der Waals surface area (Å²) < 4.78 is 83.7. The van der Waals surface area contributed by atoms with Crippen molar-refractivity contribution in [3.8, 4) is 11.4 Å². The lowest BCUT2D eigenvalue weighted by atomic mass is 10.1. The second-order valence-electron chi connectivity index (χ2n) is 32.4. The number of alkyl carbamates (subject to hydrolysis) is 1. The summed E-state index contributed by atoms with van der Waals surface area (Å²) in [6.45, 7) is 33.7. The number of nitrogens with one attached hydrogen (secondary N) is 3. The number of anilines is 3. The highest BCUT2D eigenvalue weighted by Crippen LogP contribution is 2.32. The number of morpholine rings is 5. The molecule has 4 amide bonds. The highest BCUT2D eigenvalue weighted by atomic mass is 35.5. The highest BCUT2D eigenvalue weighted by Gasteiger charge is 2.31. The Bertz CT molecular complexity index is 4780. The number of hydrogen-bond acceptors (Lipinski definition) is 30. The van der Waals surface area contributed by atoms with E-state index in [9.17, 15) is 61.1 Å². The van der Waals surface area contributed by atoms with Gasteiger partial charge < -0.3 is 95.0 Å². The maximum atomic E-state index is 12.9. The zero-order chi connectivity index (χ0) is 99.4. The minimum Gasteiger partial charge on any atom is -0.478 e. The number of aromatic carboxylic acids is 2. The van der Waals surface area contributed by atoms with Crippen molar-refractivity contribution in [3.05, 3.63) is 208 Å². The van der Waals surface area contributed by atoms with Crippen LogP contribution in [-0.4, -0.2) is 372 Å². The molecule has 0 spiro atoms. The van der Waals surface area contributed by atoms with Gasteiger partial charge in [0.2, 0.25) is 0 Å². The summed E-state index contributed by atoms with van der Waals surface area (Å²) in [4.78, 5) is 140. The number of nitrogens with two attached hydrogens (primary N) is 2. The number of halogens is 4. The molecule has 7 aromatic rings. The number of ether oxygens (including phenoxy) is 9. The number of aromatic nitrogens is 2. The lowest BCUT2D eigenvalue weighted by molar-refractivity contribution is -0.137. The summed E-state index contributed by atoms with van der Waals surface area (Å²) >= 11 is 5.23. The van der Waals surface area contributed by atoms with E-state index in [1.165, 1.54) is 101 Å². The van der Waals surface area contributed by atoms with Gasteiger partial charge >= 0.3 is 42.1 Å². The fourth-order valence-corrected chi connectivity index (χ4v) is 13.7. The predicted octanol–water partition coefficient (Wildman–Crippen LogP) is 9.34. The van der Waals surface area contributed by atoms with Gasteiger partial charge in [0.05, 0.1) is 144 Å². The molecule has 9 N–H and O–H groups in total. The lowest BCUT2D eigenvalue weighted by Crippen LogP contribution is -2.42. The molecule has 40 heteroatoms. The predicted molar refractivity (Wildman–Crippen MR) is 509 cm³/mol. The fourth-order valence-electron chi connectivity index (χ4n) is 13.6. The molecular formula is C96H131ClF3N15O21. The zero-order valence-corrected chi connectivity index (χ0v) is 79.7. The Morgan fingerprint density at radius 1 is 0.478 bits per heavy atom. The Morgan fingerprint density at radius 3 is 1.25 bits per heavy atom. The second kappa shape index (κ2) is 61.4. The number of piperidine rings is 1. The van der Waals surface area contributed by atoms with Crippen LogP contribution in [0.5, 0.6) is 0 Å². The lowest BCUT2D eigenvalue weighted by Gasteiger charge is -2.29. The van der Waals surface area contributed by atoms with Gasteiger partial charge in [-0.2, -0.15) is 13.2 Å². The van der Waals surface area contributed by atoms with E-state index in [-0.39, 0.29) is 51.5 Å². The van der Waals surface area contributed by atoms with Crippen LogP contribution in [0, 0.1) is 0 Å². The van der Waals surface area contributed by atoms with Crippen molar-refractivity contribution < 1.29 is 114 Å². The molecule has 0 unspecified atom stereocenters. The third-order valence-corrected chi connectivity index (χ3v) is 21.4. The van der Waals surface area contributed by atoms with Gasteiger partial charge in [0, 0.05) is 192 Å². The van der Waals surface area contributed by atoms with Gasteiger partial charge in [0.25, 0.3) is 23.0 Å². The first-order valence-electron chi connectivity index (χ1n) is 44.7. The monoisotopic (exact) mass is 1920 g/mol. The number of amides is 4. The summed E-state index contributed by atoms with van der Waals surface area (Å²) in [6.07, 6.45) is 1.34. The minimum absolute atomic E-state index is 0.0721. The number of carboxylic acids is 2. The quantitative estimate of drug-likeness (QED) is 0.0115. The van der Waals surface area contributed by atoms with Crippen molar-refractivity contribution in [2.45, 2.75) is 51.8 Å². The number of benzene rings is 6. The van der Waals surface area contributed by atoms with Crippen LogP contribution in [-0.2, 0) is 48.8 Å². The fraction of sp³-hybridized carbons (Fsp3) is 0.479. The summed E-state index contributed by atoms with van der Waals surface area (Å²) in [5, 5.41) is 25.6. The zero-order valence-electron chi connectivity index (χ0n) is 79.0. The Balaban J connectivity index is 0.000000247. The van der Waals surface area contributed by atoms with Crippen LogP contribution in [0.1, 0.15) is 139 Å². The number of likely N-dealkylation sites (N-methyl/N-ethyl adjacent to an activating group) is 3. The van der Waals surface area contributed by atoms with E-state index in [2.05, 4.69) is 69.5 Å². The number of carboxylic acid groups (broad SMARTS) is 2. The molecule has 136 heavy (non-hydrogen) atoms. The van der Waals surface area contributed by atoms with Gasteiger partial charge in [-0.25, -0.2) is 38.7 Å². The summed E-state index contributed by atoms with van der Waals surface area (Å²) in [6, 6.07) is 34.6. The molecule has 13 rings (SSSR count). The number of nitrogen functional groups attached to an aromatic ring is 1. The first-order chi connectivity index (χ1) is 65.1. The topological polar surface area (TPSA) is 434 Å². The molecule has 6 fully saturated rings. The van der Waals surface area contributed by atoms with E-state index in [1.807, 2.05) is 33.9 Å². The van der Waals surface area contributed by atoms with Gasteiger partial charge in [-0.3, -0.25) is 43.7 Å². The van der Waals surface area contributed by atoms with Crippen molar-refractivity contribution in [1.82, 2.24) is 54.9 Å². The maximum Gasteiger partial charge on any atom is 0.416 e. The van der Waals surface area contributed by atoms with Crippen LogP contribution < -0.4 is 32.3 Å². The number of carbonyl (C=O) groups excluding carboxylic acids is 8. The van der Waals surface area contributed by atoms with Gasteiger partial charge in [-0.1, -0.05) is 42.5 Å². The van der Waals surface area contributed by atoms with E-state index in [4.69, 9.17) is 61.7 Å². The molecule has 7 heterocycles.